The van der Waals surface area contributed by atoms with Gasteiger partial charge in [-0.2, -0.15) is 5.26 Å². The fourth-order valence-electron chi connectivity index (χ4n) is 4.47. The summed E-state index contributed by atoms with van der Waals surface area (Å²) < 4.78 is 15.3. The molecule has 2 heterocycles. The fourth-order valence-corrected chi connectivity index (χ4v) is 4.47. The van der Waals surface area contributed by atoms with E-state index in [0.717, 1.165) is 37.7 Å². The lowest BCUT2D eigenvalue weighted by Gasteiger charge is -2.21. The van der Waals surface area contributed by atoms with E-state index in [1.807, 2.05) is 0 Å². The van der Waals surface area contributed by atoms with Gasteiger partial charge in [0.1, 0.15) is 11.6 Å². The predicted molar refractivity (Wildman–Crippen MR) is 145 cm³/mol. The third-order valence-corrected chi connectivity index (χ3v) is 6.47. The number of nitrogens with zero attached hydrogens (tertiary/aromatic N) is 3. The van der Waals surface area contributed by atoms with Crippen LogP contribution in [0.1, 0.15) is 53.7 Å². The minimum Gasteiger partial charge on any atom is -0.394 e. The van der Waals surface area contributed by atoms with Crippen molar-refractivity contribution in [1.29, 1.82) is 5.26 Å². The number of aromatic nitrogens is 2. The van der Waals surface area contributed by atoms with Crippen LogP contribution in [0.2, 0.25) is 0 Å². The summed E-state index contributed by atoms with van der Waals surface area (Å²) >= 11 is 0. The summed E-state index contributed by atoms with van der Waals surface area (Å²) in [7, 11) is 1.72. The van der Waals surface area contributed by atoms with Crippen molar-refractivity contribution in [2.45, 2.75) is 38.5 Å². The second kappa shape index (κ2) is 12.6. The summed E-state index contributed by atoms with van der Waals surface area (Å²) in [6, 6.07) is 11.6. The molecular formula is C29H29FN6O2. The molecule has 0 radical (unpaired) electrons. The topological polar surface area (TPSA) is 120 Å². The Hall–Kier alpha value is -4.58. The summed E-state index contributed by atoms with van der Waals surface area (Å²) in [4.78, 5) is 33.5. The number of benzene rings is 1. The van der Waals surface area contributed by atoms with Crippen molar-refractivity contribution in [3.05, 3.63) is 71.4 Å². The zero-order chi connectivity index (χ0) is 26.9. The van der Waals surface area contributed by atoms with Gasteiger partial charge in [-0.25, -0.2) is 14.4 Å². The monoisotopic (exact) mass is 512 g/mol. The summed E-state index contributed by atoms with van der Waals surface area (Å²) in [5, 5.41) is 17.7. The van der Waals surface area contributed by atoms with Crippen molar-refractivity contribution in [2.75, 3.05) is 17.7 Å². The average molecular weight is 513 g/mol. The van der Waals surface area contributed by atoms with Crippen LogP contribution in [0, 0.1) is 23.1 Å². The number of amides is 1. The second-order valence-corrected chi connectivity index (χ2v) is 9.12. The molecule has 1 amide bonds. The molecule has 1 fully saturated rings. The number of anilines is 3. The Morgan fingerprint density at radius 2 is 2.00 bits per heavy atom. The quantitative estimate of drug-likeness (QED) is 0.319. The van der Waals surface area contributed by atoms with E-state index in [1.165, 1.54) is 6.07 Å². The minimum absolute atomic E-state index is 0.0400. The van der Waals surface area contributed by atoms with E-state index in [9.17, 15) is 9.59 Å². The standard InChI is InChI=1S/C29H29FN6O2/c1-32-14-12-25-23(18-37)27(36-28-10-7-19(11-13-31)17-33-28)16-26(35-25)22-9-8-21(15-24(22)30)34-29(38)20-5-3-2-4-6-20/h7-10,12,14-18,20,32H,2-6,11H2,1H3,(H,34,38)(H,33,35,36)/b14-12-. The first kappa shape index (κ1) is 26.5. The van der Waals surface area contributed by atoms with Crippen molar-refractivity contribution < 1.29 is 14.0 Å². The number of nitriles is 1. The molecule has 1 aliphatic rings. The molecule has 9 heteroatoms. The van der Waals surface area contributed by atoms with E-state index < -0.39 is 5.82 Å². The first-order valence-electron chi connectivity index (χ1n) is 12.6. The molecule has 1 saturated carbocycles. The Labute approximate surface area is 221 Å². The summed E-state index contributed by atoms with van der Waals surface area (Å²) in [6.07, 6.45) is 10.7. The molecule has 4 rings (SSSR count). The van der Waals surface area contributed by atoms with E-state index >= 15 is 4.39 Å². The van der Waals surface area contributed by atoms with E-state index in [0.29, 0.717) is 34.9 Å². The first-order chi connectivity index (χ1) is 18.5. The Morgan fingerprint density at radius 1 is 1.18 bits per heavy atom. The normalized spacial score (nSPS) is 13.6. The van der Waals surface area contributed by atoms with Crippen LogP contribution >= 0.6 is 0 Å². The van der Waals surface area contributed by atoms with Crippen molar-refractivity contribution in [1.82, 2.24) is 15.3 Å². The molecule has 3 aromatic rings. The largest absolute Gasteiger partial charge is 0.394 e. The van der Waals surface area contributed by atoms with Crippen LogP contribution in [-0.4, -0.2) is 29.2 Å². The predicted octanol–water partition coefficient (Wildman–Crippen LogP) is 5.61. The summed E-state index contributed by atoms with van der Waals surface area (Å²) in [5.74, 6) is -0.214. The van der Waals surface area contributed by atoms with Crippen LogP contribution in [0.3, 0.4) is 0 Å². The van der Waals surface area contributed by atoms with Crippen LogP contribution in [0.4, 0.5) is 21.6 Å². The second-order valence-electron chi connectivity index (χ2n) is 9.12. The number of hydrogen-bond acceptors (Lipinski definition) is 7. The number of carbonyl (C=O) groups is 2. The maximum atomic E-state index is 15.3. The molecule has 8 nitrogen and oxygen atoms in total. The summed E-state index contributed by atoms with van der Waals surface area (Å²) in [5.41, 5.74) is 2.69. The van der Waals surface area contributed by atoms with E-state index in [1.54, 1.807) is 55.9 Å². The highest BCUT2D eigenvalue weighted by molar-refractivity contribution is 5.93. The van der Waals surface area contributed by atoms with Crippen molar-refractivity contribution in [2.24, 2.45) is 5.92 Å². The van der Waals surface area contributed by atoms with E-state index in [2.05, 4.69) is 32.0 Å². The third kappa shape index (κ3) is 6.40. The lowest BCUT2D eigenvalue weighted by Crippen LogP contribution is -2.24. The van der Waals surface area contributed by atoms with Gasteiger partial charge in [0.05, 0.1) is 35.1 Å². The molecule has 38 heavy (non-hydrogen) atoms. The highest BCUT2D eigenvalue weighted by Crippen LogP contribution is 2.31. The van der Waals surface area contributed by atoms with Crippen LogP contribution in [0.5, 0.6) is 0 Å². The number of hydrogen-bond donors (Lipinski definition) is 3. The smallest absolute Gasteiger partial charge is 0.227 e. The van der Waals surface area contributed by atoms with Gasteiger partial charge in [-0.15, -0.1) is 0 Å². The number of nitrogens with one attached hydrogen (secondary N) is 3. The van der Waals surface area contributed by atoms with Crippen LogP contribution in [0.15, 0.2) is 48.8 Å². The van der Waals surface area contributed by atoms with Gasteiger partial charge < -0.3 is 16.0 Å². The van der Waals surface area contributed by atoms with Crippen molar-refractivity contribution in [3.8, 4) is 17.3 Å². The molecular weight excluding hydrogens is 483 g/mol. The molecule has 0 aliphatic heterocycles. The van der Waals surface area contributed by atoms with Gasteiger partial charge >= 0.3 is 0 Å². The molecule has 2 aromatic heterocycles. The zero-order valence-electron chi connectivity index (χ0n) is 21.1. The molecule has 0 atom stereocenters. The average Bonchev–Trinajstić information content (AvgIpc) is 2.93. The number of carbonyl (C=O) groups excluding carboxylic acids is 2. The van der Waals surface area contributed by atoms with Gasteiger partial charge in [-0.1, -0.05) is 25.3 Å². The molecule has 3 N–H and O–H groups in total. The summed E-state index contributed by atoms with van der Waals surface area (Å²) in [6.45, 7) is 0. The first-order valence-corrected chi connectivity index (χ1v) is 12.6. The van der Waals surface area contributed by atoms with Gasteiger partial charge in [-0.3, -0.25) is 9.59 Å². The number of rotatable bonds is 9. The molecule has 194 valence electrons. The van der Waals surface area contributed by atoms with Crippen molar-refractivity contribution >= 4 is 35.5 Å². The Bertz CT molecular complexity index is 1380. The Morgan fingerprint density at radius 3 is 2.66 bits per heavy atom. The number of halogens is 1. The molecule has 0 spiro atoms. The molecule has 0 saturated heterocycles. The van der Waals surface area contributed by atoms with Crippen molar-refractivity contribution in [3.63, 3.8) is 0 Å². The molecule has 0 bridgehead atoms. The van der Waals surface area contributed by atoms with Crippen LogP contribution in [-0.2, 0) is 11.2 Å². The molecule has 1 aromatic carbocycles. The van der Waals surface area contributed by atoms with Gasteiger partial charge in [0, 0.05) is 30.4 Å². The third-order valence-electron chi connectivity index (χ3n) is 6.47. The van der Waals surface area contributed by atoms with Crippen LogP contribution in [0.25, 0.3) is 17.3 Å². The molecule has 1 aliphatic carbocycles. The Kier molecular flexibility index (Phi) is 8.77. The van der Waals surface area contributed by atoms with Gasteiger partial charge in [-0.05, 0) is 61.0 Å². The van der Waals surface area contributed by atoms with Gasteiger partial charge in [0.2, 0.25) is 5.91 Å². The maximum Gasteiger partial charge on any atom is 0.227 e. The fraction of sp³-hybridized carbons (Fsp3) is 0.276. The van der Waals surface area contributed by atoms with E-state index in [4.69, 9.17) is 5.26 Å². The van der Waals surface area contributed by atoms with Crippen LogP contribution < -0.4 is 16.0 Å². The van der Waals surface area contributed by atoms with E-state index in [-0.39, 0.29) is 29.4 Å². The SMILES string of the molecule is CN/C=C\c1nc(-c2ccc(NC(=O)C3CCCCC3)cc2F)cc(Nc2ccc(CC#N)cn2)c1C=O. The minimum atomic E-state index is -0.550. The highest BCUT2D eigenvalue weighted by Gasteiger charge is 2.22. The van der Waals surface area contributed by atoms with Gasteiger partial charge in [0.15, 0.2) is 6.29 Å². The number of aldehydes is 1. The van der Waals surface area contributed by atoms with Gasteiger partial charge in [0.25, 0.3) is 0 Å². The zero-order valence-corrected chi connectivity index (χ0v) is 21.1. The number of pyridine rings is 2. The Balaban J connectivity index is 1.66. The lowest BCUT2D eigenvalue weighted by molar-refractivity contribution is -0.120. The lowest BCUT2D eigenvalue weighted by atomic mass is 9.88. The maximum absolute atomic E-state index is 15.3. The molecule has 0 unspecified atom stereocenters. The highest BCUT2D eigenvalue weighted by atomic mass is 19.1.